The van der Waals surface area contributed by atoms with Crippen LogP contribution in [0.3, 0.4) is 0 Å². The second-order valence-corrected chi connectivity index (χ2v) is 6.85. The number of nitrogens with zero attached hydrogens (tertiary/aromatic N) is 5. The van der Waals surface area contributed by atoms with E-state index in [4.69, 9.17) is 16.3 Å². The Labute approximate surface area is 153 Å². The Hall–Kier alpha value is -1.92. The zero-order chi connectivity index (χ0) is 18.9. The van der Waals surface area contributed by atoms with Crippen molar-refractivity contribution in [3.63, 3.8) is 0 Å². The van der Waals surface area contributed by atoms with Crippen molar-refractivity contribution in [3.05, 3.63) is 32.8 Å². The van der Waals surface area contributed by atoms with E-state index in [-0.39, 0.29) is 16.2 Å². The minimum atomic E-state index is -4.80. The Kier molecular flexibility index (Phi) is 5.34. The van der Waals surface area contributed by atoms with Gasteiger partial charge >= 0.3 is 6.18 Å². The topological polar surface area (TPSA) is 96.0 Å². The number of ether oxygens (including phenoxy) is 1. The van der Waals surface area contributed by atoms with Gasteiger partial charge in [-0.2, -0.15) is 13.2 Å². The first-order valence-corrected chi connectivity index (χ1v) is 8.56. The van der Waals surface area contributed by atoms with E-state index in [2.05, 4.69) is 15.5 Å². The van der Waals surface area contributed by atoms with Gasteiger partial charge in [-0.15, -0.1) is 5.10 Å². The van der Waals surface area contributed by atoms with Crippen LogP contribution in [0.2, 0.25) is 5.02 Å². The van der Waals surface area contributed by atoms with Crippen LogP contribution in [0.25, 0.3) is 0 Å². The normalized spacial score (nSPS) is 17.6. The molecule has 1 saturated heterocycles. The highest BCUT2D eigenvalue weighted by molar-refractivity contribution is 7.99. The van der Waals surface area contributed by atoms with Crippen molar-refractivity contribution in [2.24, 2.45) is 0 Å². The predicted octanol–water partition coefficient (Wildman–Crippen LogP) is 3.58. The molecule has 1 unspecified atom stereocenters. The van der Waals surface area contributed by atoms with Gasteiger partial charge < -0.3 is 4.74 Å². The van der Waals surface area contributed by atoms with Gasteiger partial charge in [-0.3, -0.25) is 10.1 Å². The lowest BCUT2D eigenvalue weighted by Crippen LogP contribution is -2.16. The first kappa shape index (κ1) is 18.9. The maximum absolute atomic E-state index is 12.9. The predicted molar refractivity (Wildman–Crippen MR) is 84.0 cm³/mol. The first-order valence-electron chi connectivity index (χ1n) is 7.36. The minimum Gasteiger partial charge on any atom is -0.376 e. The maximum Gasteiger partial charge on any atom is 0.418 e. The van der Waals surface area contributed by atoms with Crippen LogP contribution in [-0.4, -0.2) is 37.8 Å². The molecule has 8 nitrogen and oxygen atoms in total. The number of halogens is 4. The van der Waals surface area contributed by atoms with Gasteiger partial charge in [-0.1, -0.05) is 11.6 Å². The van der Waals surface area contributed by atoms with Crippen molar-refractivity contribution in [2.75, 3.05) is 6.61 Å². The number of hydrogen-bond donors (Lipinski definition) is 0. The van der Waals surface area contributed by atoms with Gasteiger partial charge in [0.1, 0.15) is 0 Å². The monoisotopic (exact) mass is 409 g/mol. The quantitative estimate of drug-likeness (QED) is 0.550. The smallest absolute Gasteiger partial charge is 0.376 e. The minimum absolute atomic E-state index is 0.0796. The van der Waals surface area contributed by atoms with Crippen molar-refractivity contribution in [1.29, 1.82) is 0 Å². The van der Waals surface area contributed by atoms with Crippen LogP contribution < -0.4 is 0 Å². The molecule has 1 aliphatic rings. The highest BCUT2D eigenvalue weighted by Gasteiger charge is 2.36. The number of hydrogen-bond acceptors (Lipinski definition) is 7. The number of nitro benzene ring substituents is 1. The molecule has 1 aromatic carbocycles. The standard InChI is InChI=1S/C13H11ClF3N5O3S/c14-9-5-11(10(22(23)24)4-8(9)13(15,16)17)26-12-18-19-20-21(12)6-7-2-1-3-25-7/h4-5,7H,1-3,6H2. The average Bonchev–Trinajstić information content (AvgIpc) is 3.19. The molecule has 0 amide bonds. The summed E-state index contributed by atoms with van der Waals surface area (Å²) in [5.41, 5.74) is -1.99. The van der Waals surface area contributed by atoms with Crippen molar-refractivity contribution in [2.45, 2.75) is 41.7 Å². The highest BCUT2D eigenvalue weighted by atomic mass is 35.5. The molecule has 13 heteroatoms. The third kappa shape index (κ3) is 4.07. The zero-order valence-electron chi connectivity index (χ0n) is 12.9. The van der Waals surface area contributed by atoms with Crippen LogP contribution in [0.1, 0.15) is 18.4 Å². The largest absolute Gasteiger partial charge is 0.418 e. The number of aromatic nitrogens is 4. The molecule has 1 atom stereocenters. The van der Waals surface area contributed by atoms with E-state index in [1.54, 1.807) is 0 Å². The second kappa shape index (κ2) is 7.37. The molecule has 0 aliphatic carbocycles. The van der Waals surface area contributed by atoms with Crippen molar-refractivity contribution < 1.29 is 22.8 Å². The first-order chi connectivity index (χ1) is 12.3. The SMILES string of the molecule is O=[N+]([O-])c1cc(C(F)(F)F)c(Cl)cc1Sc1nnnn1CC1CCCO1. The number of benzene rings is 1. The Balaban J connectivity index is 1.91. The molecule has 140 valence electrons. The van der Waals surface area contributed by atoms with Crippen molar-refractivity contribution in [1.82, 2.24) is 20.2 Å². The summed E-state index contributed by atoms with van der Waals surface area (Å²) in [6, 6.07) is 1.32. The van der Waals surface area contributed by atoms with E-state index in [0.717, 1.165) is 30.7 Å². The molecule has 1 aliphatic heterocycles. The Bertz CT molecular complexity index is 826. The number of alkyl halides is 3. The number of tetrazole rings is 1. The lowest BCUT2D eigenvalue weighted by Gasteiger charge is -2.12. The van der Waals surface area contributed by atoms with Crippen molar-refractivity contribution in [3.8, 4) is 0 Å². The summed E-state index contributed by atoms with van der Waals surface area (Å²) in [5.74, 6) is 0. The van der Waals surface area contributed by atoms with Gasteiger partial charge in [-0.05, 0) is 41.1 Å². The van der Waals surface area contributed by atoms with Crippen LogP contribution in [0, 0.1) is 10.1 Å². The fourth-order valence-corrected chi connectivity index (χ4v) is 3.69. The van der Waals surface area contributed by atoms with Gasteiger partial charge in [0.25, 0.3) is 5.69 Å². The lowest BCUT2D eigenvalue weighted by molar-refractivity contribution is -0.388. The van der Waals surface area contributed by atoms with Crippen LogP contribution in [-0.2, 0) is 17.5 Å². The van der Waals surface area contributed by atoms with E-state index >= 15 is 0 Å². The Morgan fingerprint density at radius 3 is 2.85 bits per heavy atom. The molecule has 1 aromatic heterocycles. The van der Waals surface area contributed by atoms with E-state index in [1.807, 2.05) is 0 Å². The fraction of sp³-hybridized carbons (Fsp3) is 0.462. The van der Waals surface area contributed by atoms with Crippen LogP contribution >= 0.6 is 23.4 Å². The molecule has 2 aromatic rings. The molecule has 0 radical (unpaired) electrons. The van der Waals surface area contributed by atoms with E-state index in [1.165, 1.54) is 4.68 Å². The van der Waals surface area contributed by atoms with Crippen molar-refractivity contribution >= 4 is 29.1 Å². The lowest BCUT2D eigenvalue weighted by atomic mass is 10.2. The van der Waals surface area contributed by atoms with Crippen LogP contribution in [0.5, 0.6) is 0 Å². The number of nitro groups is 1. The summed E-state index contributed by atoms with van der Waals surface area (Å²) in [5, 5.41) is 21.9. The summed E-state index contributed by atoms with van der Waals surface area (Å²) in [4.78, 5) is 10.2. The third-order valence-electron chi connectivity index (χ3n) is 3.65. The fourth-order valence-electron chi connectivity index (χ4n) is 2.45. The molecule has 0 N–H and O–H groups in total. The molecule has 3 rings (SSSR count). The van der Waals surface area contributed by atoms with Gasteiger partial charge in [0.05, 0.1) is 33.1 Å². The summed E-state index contributed by atoms with van der Waals surface area (Å²) in [6.45, 7) is 0.979. The second-order valence-electron chi connectivity index (χ2n) is 5.44. The molecule has 0 spiro atoms. The Morgan fingerprint density at radius 2 is 2.23 bits per heavy atom. The molecule has 1 fully saturated rings. The van der Waals surface area contributed by atoms with E-state index < -0.39 is 27.4 Å². The van der Waals surface area contributed by atoms with E-state index in [0.29, 0.717) is 19.2 Å². The van der Waals surface area contributed by atoms with Gasteiger partial charge in [0.15, 0.2) is 0 Å². The van der Waals surface area contributed by atoms with Gasteiger partial charge in [0.2, 0.25) is 5.16 Å². The summed E-state index contributed by atoms with van der Waals surface area (Å²) in [7, 11) is 0. The highest BCUT2D eigenvalue weighted by Crippen LogP contribution is 2.42. The summed E-state index contributed by atoms with van der Waals surface area (Å²) in [6.07, 6.45) is -3.14. The number of rotatable bonds is 5. The van der Waals surface area contributed by atoms with Crippen LogP contribution in [0.15, 0.2) is 22.2 Å². The average molecular weight is 410 g/mol. The van der Waals surface area contributed by atoms with Gasteiger partial charge in [-0.25, -0.2) is 4.68 Å². The molecule has 0 saturated carbocycles. The molecular weight excluding hydrogens is 399 g/mol. The van der Waals surface area contributed by atoms with Gasteiger partial charge in [0, 0.05) is 12.7 Å². The van der Waals surface area contributed by atoms with E-state index in [9.17, 15) is 23.3 Å². The summed E-state index contributed by atoms with van der Waals surface area (Å²) < 4.78 is 45.7. The molecule has 0 bridgehead atoms. The zero-order valence-corrected chi connectivity index (χ0v) is 14.5. The maximum atomic E-state index is 12.9. The molecule has 2 heterocycles. The van der Waals surface area contributed by atoms with Crippen LogP contribution in [0.4, 0.5) is 18.9 Å². The summed E-state index contributed by atoms with van der Waals surface area (Å²) >= 11 is 6.44. The molecule has 26 heavy (non-hydrogen) atoms. The molecular formula is C13H11ClF3N5O3S. The Morgan fingerprint density at radius 1 is 1.46 bits per heavy atom. The third-order valence-corrected chi connectivity index (χ3v) is 4.99.